The lowest BCUT2D eigenvalue weighted by molar-refractivity contribution is -0.137. The summed E-state index contributed by atoms with van der Waals surface area (Å²) >= 11 is 0. The maximum Gasteiger partial charge on any atom is 0.252 e. The molecule has 2 saturated heterocycles. The molecule has 1 aromatic rings. The first-order chi connectivity index (χ1) is 11.2. The zero-order valence-corrected chi connectivity index (χ0v) is 13.3. The van der Waals surface area contributed by atoms with E-state index in [4.69, 9.17) is 0 Å². The number of carbonyl (C=O) groups excluding carboxylic acids is 2. The molecule has 3 rings (SSSR count). The van der Waals surface area contributed by atoms with Crippen LogP contribution < -0.4 is 10.2 Å². The van der Waals surface area contributed by atoms with Crippen molar-refractivity contribution in [2.24, 2.45) is 0 Å². The van der Waals surface area contributed by atoms with Crippen molar-refractivity contribution in [2.45, 2.75) is 31.7 Å². The third kappa shape index (κ3) is 3.38. The lowest BCUT2D eigenvalue weighted by Crippen LogP contribution is -2.34. The summed E-state index contributed by atoms with van der Waals surface area (Å²) in [7, 11) is 0. The van der Waals surface area contributed by atoms with Crippen LogP contribution in [0.15, 0.2) is 36.9 Å². The Balaban J connectivity index is 1.63. The van der Waals surface area contributed by atoms with Crippen LogP contribution in [0.5, 0.6) is 0 Å². The minimum absolute atomic E-state index is 0.141. The Morgan fingerprint density at radius 1 is 1.13 bits per heavy atom. The van der Waals surface area contributed by atoms with Gasteiger partial charge in [0.1, 0.15) is 6.04 Å². The summed E-state index contributed by atoms with van der Waals surface area (Å²) in [6.07, 6.45) is 5.59. The number of carbonyl (C=O) groups is 2. The van der Waals surface area contributed by atoms with Gasteiger partial charge in [0.25, 0.3) is 5.91 Å². The second-order valence-electron chi connectivity index (χ2n) is 6.13. The predicted octanol–water partition coefficient (Wildman–Crippen LogP) is 2.40. The smallest absolute Gasteiger partial charge is 0.252 e. The van der Waals surface area contributed by atoms with E-state index in [0.717, 1.165) is 18.8 Å². The molecular weight excluding hydrogens is 290 g/mol. The molecule has 5 nitrogen and oxygen atoms in total. The Kier molecular flexibility index (Phi) is 4.65. The van der Waals surface area contributed by atoms with Crippen molar-refractivity contribution in [3.63, 3.8) is 0 Å². The number of hydrogen-bond acceptors (Lipinski definition) is 4. The van der Waals surface area contributed by atoms with E-state index in [1.54, 1.807) is 6.08 Å². The predicted molar refractivity (Wildman–Crippen MR) is 91.5 cm³/mol. The molecule has 1 aromatic carbocycles. The van der Waals surface area contributed by atoms with E-state index >= 15 is 0 Å². The molecule has 23 heavy (non-hydrogen) atoms. The number of amides is 2. The Bertz CT molecular complexity index is 591. The van der Waals surface area contributed by atoms with Crippen LogP contribution in [0.1, 0.15) is 25.7 Å². The SMILES string of the molecule is C=CCN1C(=O)C[C@H](Nc2ccc(N3CCCCC3)cc2)C1=O. The largest absolute Gasteiger partial charge is 0.373 e. The number of nitrogens with one attached hydrogen (secondary N) is 1. The highest BCUT2D eigenvalue weighted by Gasteiger charge is 2.37. The summed E-state index contributed by atoms with van der Waals surface area (Å²) in [5.74, 6) is -0.313. The molecule has 2 heterocycles. The van der Waals surface area contributed by atoms with Crippen LogP contribution in [-0.4, -0.2) is 42.4 Å². The lowest BCUT2D eigenvalue weighted by Gasteiger charge is -2.29. The number of rotatable bonds is 5. The minimum Gasteiger partial charge on any atom is -0.373 e. The van der Waals surface area contributed by atoms with Crippen molar-refractivity contribution in [2.75, 3.05) is 29.9 Å². The first-order valence-electron chi connectivity index (χ1n) is 8.25. The maximum absolute atomic E-state index is 12.2. The van der Waals surface area contributed by atoms with E-state index in [0.29, 0.717) is 0 Å². The highest BCUT2D eigenvalue weighted by atomic mass is 16.2. The molecule has 2 fully saturated rings. The molecule has 0 unspecified atom stereocenters. The lowest BCUT2D eigenvalue weighted by atomic mass is 10.1. The van der Waals surface area contributed by atoms with Crippen molar-refractivity contribution in [1.29, 1.82) is 0 Å². The average Bonchev–Trinajstić information content (AvgIpc) is 2.84. The van der Waals surface area contributed by atoms with Gasteiger partial charge in [0.05, 0.1) is 6.42 Å². The summed E-state index contributed by atoms with van der Waals surface area (Å²) in [6.45, 7) is 6.09. The van der Waals surface area contributed by atoms with Crippen LogP contribution >= 0.6 is 0 Å². The Morgan fingerprint density at radius 2 is 1.83 bits per heavy atom. The first-order valence-corrected chi connectivity index (χ1v) is 8.25. The van der Waals surface area contributed by atoms with Gasteiger partial charge in [-0.25, -0.2) is 0 Å². The molecule has 0 saturated carbocycles. The number of hydrogen-bond donors (Lipinski definition) is 1. The van der Waals surface area contributed by atoms with Gasteiger partial charge in [-0.2, -0.15) is 0 Å². The van der Waals surface area contributed by atoms with E-state index < -0.39 is 6.04 Å². The summed E-state index contributed by atoms with van der Waals surface area (Å²) < 4.78 is 0. The minimum atomic E-state index is -0.469. The third-order valence-electron chi connectivity index (χ3n) is 4.49. The highest BCUT2D eigenvalue weighted by molar-refractivity contribution is 6.06. The Hall–Kier alpha value is -2.30. The molecule has 122 valence electrons. The van der Waals surface area contributed by atoms with E-state index in [2.05, 4.69) is 28.9 Å². The second-order valence-corrected chi connectivity index (χ2v) is 6.13. The van der Waals surface area contributed by atoms with Crippen LogP contribution in [0.4, 0.5) is 11.4 Å². The number of nitrogens with zero attached hydrogens (tertiary/aromatic N) is 2. The van der Waals surface area contributed by atoms with Crippen molar-refractivity contribution in [3.8, 4) is 0 Å². The van der Waals surface area contributed by atoms with Gasteiger partial charge in [-0.1, -0.05) is 6.08 Å². The summed E-state index contributed by atoms with van der Waals surface area (Å²) in [6, 6.07) is 7.66. The summed E-state index contributed by atoms with van der Waals surface area (Å²) in [4.78, 5) is 27.7. The molecule has 0 spiro atoms. The normalized spacial score (nSPS) is 21.7. The van der Waals surface area contributed by atoms with Gasteiger partial charge in [0.2, 0.25) is 5.91 Å². The van der Waals surface area contributed by atoms with Gasteiger partial charge in [-0.05, 0) is 43.5 Å². The average molecular weight is 313 g/mol. The molecular formula is C18H23N3O2. The van der Waals surface area contributed by atoms with Crippen LogP contribution in [0.3, 0.4) is 0 Å². The standard InChI is InChI=1S/C18H23N3O2/c1-2-10-21-17(22)13-16(18(21)23)19-14-6-8-15(9-7-14)20-11-4-3-5-12-20/h2,6-9,16,19H,1,3-5,10-13H2/t16-/m0/s1. The fourth-order valence-electron chi connectivity index (χ4n) is 3.24. The van der Waals surface area contributed by atoms with Crippen molar-refractivity contribution in [3.05, 3.63) is 36.9 Å². The molecule has 2 aliphatic heterocycles. The molecule has 1 N–H and O–H groups in total. The van der Waals surface area contributed by atoms with Gasteiger partial charge in [-0.3, -0.25) is 14.5 Å². The highest BCUT2D eigenvalue weighted by Crippen LogP contribution is 2.23. The van der Waals surface area contributed by atoms with E-state index in [1.165, 1.54) is 29.8 Å². The van der Waals surface area contributed by atoms with Gasteiger partial charge >= 0.3 is 0 Å². The quantitative estimate of drug-likeness (QED) is 0.670. The molecule has 0 aliphatic carbocycles. The van der Waals surface area contributed by atoms with Crippen LogP contribution in [0.2, 0.25) is 0 Å². The molecule has 0 radical (unpaired) electrons. The maximum atomic E-state index is 12.2. The molecule has 1 atom stereocenters. The number of anilines is 2. The van der Waals surface area contributed by atoms with E-state index in [1.807, 2.05) is 12.1 Å². The fraction of sp³-hybridized carbons (Fsp3) is 0.444. The zero-order chi connectivity index (χ0) is 16.2. The number of piperidine rings is 1. The van der Waals surface area contributed by atoms with Gasteiger partial charge in [0, 0.05) is 31.0 Å². The molecule has 2 aliphatic rings. The number of benzene rings is 1. The van der Waals surface area contributed by atoms with Crippen molar-refractivity contribution in [1.82, 2.24) is 4.90 Å². The number of imide groups is 1. The van der Waals surface area contributed by atoms with Crippen LogP contribution in [0.25, 0.3) is 0 Å². The monoisotopic (exact) mass is 313 g/mol. The van der Waals surface area contributed by atoms with Crippen molar-refractivity contribution < 1.29 is 9.59 Å². The van der Waals surface area contributed by atoms with E-state index in [9.17, 15) is 9.59 Å². The first kappa shape index (κ1) is 15.6. The fourth-order valence-corrected chi connectivity index (χ4v) is 3.24. The van der Waals surface area contributed by atoms with Crippen molar-refractivity contribution >= 4 is 23.2 Å². The molecule has 2 amide bonds. The Morgan fingerprint density at radius 3 is 2.48 bits per heavy atom. The Labute approximate surface area is 137 Å². The molecule has 5 heteroatoms. The topological polar surface area (TPSA) is 52.7 Å². The molecule has 0 bridgehead atoms. The number of likely N-dealkylation sites (tertiary alicyclic amines) is 1. The van der Waals surface area contributed by atoms with Crippen LogP contribution in [0, 0.1) is 0 Å². The zero-order valence-electron chi connectivity index (χ0n) is 13.3. The van der Waals surface area contributed by atoms with Crippen LogP contribution in [-0.2, 0) is 9.59 Å². The van der Waals surface area contributed by atoms with E-state index in [-0.39, 0.29) is 24.8 Å². The third-order valence-corrected chi connectivity index (χ3v) is 4.49. The molecule has 0 aromatic heterocycles. The van der Waals surface area contributed by atoms with Gasteiger partial charge in [0.15, 0.2) is 0 Å². The second kappa shape index (κ2) is 6.86. The van der Waals surface area contributed by atoms with Gasteiger partial charge in [-0.15, -0.1) is 6.58 Å². The summed E-state index contributed by atoms with van der Waals surface area (Å²) in [5.41, 5.74) is 2.09. The van der Waals surface area contributed by atoms with Gasteiger partial charge < -0.3 is 10.2 Å². The summed E-state index contributed by atoms with van der Waals surface area (Å²) in [5, 5.41) is 3.17.